The molecule has 1 N–H and O–H groups in total. The molecule has 98 valence electrons. The van der Waals surface area contributed by atoms with Crippen LogP contribution in [0, 0.1) is 0 Å². The zero-order valence-electron chi connectivity index (χ0n) is 11.0. The highest BCUT2D eigenvalue weighted by Gasteiger charge is 2.06. The Morgan fingerprint density at radius 1 is 1.39 bits per heavy atom. The van der Waals surface area contributed by atoms with Gasteiger partial charge in [0.2, 0.25) is 0 Å². The third kappa shape index (κ3) is 3.40. The lowest BCUT2D eigenvalue weighted by Crippen LogP contribution is -2.11. The van der Waals surface area contributed by atoms with Crippen LogP contribution in [0.3, 0.4) is 0 Å². The molecule has 0 aromatic carbocycles. The Morgan fingerprint density at radius 2 is 2.28 bits per heavy atom. The summed E-state index contributed by atoms with van der Waals surface area (Å²) < 4.78 is 2.19. The Morgan fingerprint density at radius 3 is 3.06 bits per heavy atom. The zero-order valence-corrected chi connectivity index (χ0v) is 11.8. The summed E-state index contributed by atoms with van der Waals surface area (Å²) in [6.07, 6.45) is 6.06. The van der Waals surface area contributed by atoms with Crippen LogP contribution in [-0.2, 0) is 19.5 Å². The van der Waals surface area contributed by atoms with Crippen LogP contribution in [0.5, 0.6) is 0 Å². The van der Waals surface area contributed by atoms with Gasteiger partial charge in [0.25, 0.3) is 0 Å². The number of rotatable bonds is 7. The average molecular weight is 264 g/mol. The van der Waals surface area contributed by atoms with Crippen LogP contribution in [0.4, 0.5) is 0 Å². The minimum Gasteiger partial charge on any atom is -0.329 e. The Labute approximate surface area is 112 Å². The van der Waals surface area contributed by atoms with E-state index < -0.39 is 0 Å². The van der Waals surface area contributed by atoms with Gasteiger partial charge < -0.3 is 9.88 Å². The Kier molecular flexibility index (Phi) is 4.90. The lowest BCUT2D eigenvalue weighted by atomic mass is 10.3. The molecular formula is C13H20N4S. The van der Waals surface area contributed by atoms with Crippen molar-refractivity contribution in [3.63, 3.8) is 0 Å². The van der Waals surface area contributed by atoms with Gasteiger partial charge in [-0.25, -0.2) is 9.97 Å². The first-order chi connectivity index (χ1) is 8.83. The number of nitrogens with zero attached hydrogens (tertiary/aromatic N) is 3. The minimum absolute atomic E-state index is 0.831. The molecule has 18 heavy (non-hydrogen) atoms. The molecule has 2 rings (SSSR count). The summed E-state index contributed by atoms with van der Waals surface area (Å²) in [5, 5.41) is 6.59. The predicted molar refractivity (Wildman–Crippen MR) is 74.8 cm³/mol. The summed E-state index contributed by atoms with van der Waals surface area (Å²) in [7, 11) is 0. The number of nitrogens with one attached hydrogen (secondary N) is 1. The Balaban J connectivity index is 1.99. The van der Waals surface area contributed by atoms with Crippen LogP contribution in [-0.4, -0.2) is 21.1 Å². The maximum absolute atomic E-state index is 4.63. The van der Waals surface area contributed by atoms with E-state index in [-0.39, 0.29) is 0 Å². The molecule has 0 amide bonds. The van der Waals surface area contributed by atoms with E-state index in [0.717, 1.165) is 49.0 Å². The van der Waals surface area contributed by atoms with E-state index in [4.69, 9.17) is 0 Å². The highest BCUT2D eigenvalue weighted by Crippen LogP contribution is 2.12. The molecule has 0 aliphatic heterocycles. The summed E-state index contributed by atoms with van der Waals surface area (Å²) in [4.78, 5) is 9.02. The van der Waals surface area contributed by atoms with Gasteiger partial charge in [0.1, 0.15) is 10.8 Å². The lowest BCUT2D eigenvalue weighted by Gasteiger charge is -2.04. The minimum atomic E-state index is 0.831. The van der Waals surface area contributed by atoms with Crippen LogP contribution >= 0.6 is 11.3 Å². The third-order valence-electron chi connectivity index (χ3n) is 2.73. The van der Waals surface area contributed by atoms with Crippen LogP contribution < -0.4 is 5.32 Å². The largest absolute Gasteiger partial charge is 0.329 e. The standard InChI is InChI=1S/C13H20N4S/c1-3-5-12-15-6-7-17(12)9-11-10-18-13(16-11)8-14-4-2/h6-7,10,14H,3-5,8-9H2,1-2H3. The molecule has 0 fully saturated rings. The smallest absolute Gasteiger partial charge is 0.108 e. The monoisotopic (exact) mass is 264 g/mol. The second-order valence-corrected chi connectivity index (χ2v) is 5.18. The van der Waals surface area contributed by atoms with E-state index in [9.17, 15) is 0 Å². The van der Waals surface area contributed by atoms with Gasteiger partial charge in [0.05, 0.1) is 12.2 Å². The molecule has 2 heterocycles. The first-order valence-corrected chi connectivity index (χ1v) is 7.35. The van der Waals surface area contributed by atoms with Gasteiger partial charge in [-0.1, -0.05) is 13.8 Å². The van der Waals surface area contributed by atoms with E-state index in [1.54, 1.807) is 11.3 Å². The summed E-state index contributed by atoms with van der Waals surface area (Å²) >= 11 is 1.72. The first kappa shape index (κ1) is 13.2. The second-order valence-electron chi connectivity index (χ2n) is 4.23. The van der Waals surface area contributed by atoms with Crippen LogP contribution in [0.25, 0.3) is 0 Å². The van der Waals surface area contributed by atoms with Gasteiger partial charge in [-0.05, 0) is 13.0 Å². The van der Waals surface area contributed by atoms with Gasteiger partial charge in [0, 0.05) is 30.7 Å². The highest BCUT2D eigenvalue weighted by atomic mass is 32.1. The summed E-state index contributed by atoms with van der Waals surface area (Å²) in [5.41, 5.74) is 1.13. The Hall–Kier alpha value is -1.20. The number of aryl methyl sites for hydroxylation is 1. The molecule has 2 aromatic rings. The average Bonchev–Trinajstić information content (AvgIpc) is 2.98. The maximum Gasteiger partial charge on any atom is 0.108 e. The van der Waals surface area contributed by atoms with Crippen LogP contribution in [0.2, 0.25) is 0 Å². The number of thiazole rings is 1. The van der Waals surface area contributed by atoms with E-state index in [0.29, 0.717) is 0 Å². The number of aromatic nitrogens is 3. The molecule has 4 nitrogen and oxygen atoms in total. The first-order valence-electron chi connectivity index (χ1n) is 6.47. The second kappa shape index (κ2) is 6.66. The van der Waals surface area contributed by atoms with Crippen molar-refractivity contribution in [1.82, 2.24) is 19.9 Å². The van der Waals surface area contributed by atoms with Gasteiger partial charge >= 0.3 is 0 Å². The van der Waals surface area contributed by atoms with E-state index >= 15 is 0 Å². The highest BCUT2D eigenvalue weighted by molar-refractivity contribution is 7.09. The Bertz CT molecular complexity index is 475. The number of hydrogen-bond donors (Lipinski definition) is 1. The van der Waals surface area contributed by atoms with Crippen molar-refractivity contribution in [3.05, 3.63) is 34.3 Å². The molecule has 0 unspecified atom stereocenters. The zero-order chi connectivity index (χ0) is 12.8. The number of imidazole rings is 1. The van der Waals surface area contributed by atoms with Crippen molar-refractivity contribution in [1.29, 1.82) is 0 Å². The van der Waals surface area contributed by atoms with Crippen molar-refractivity contribution in [2.24, 2.45) is 0 Å². The number of hydrogen-bond acceptors (Lipinski definition) is 4. The lowest BCUT2D eigenvalue weighted by molar-refractivity contribution is 0.685. The molecule has 0 atom stereocenters. The van der Waals surface area contributed by atoms with Crippen molar-refractivity contribution in [3.8, 4) is 0 Å². The maximum atomic E-state index is 4.63. The topological polar surface area (TPSA) is 42.7 Å². The van der Waals surface area contributed by atoms with E-state index in [1.807, 2.05) is 12.4 Å². The normalized spacial score (nSPS) is 11.0. The molecule has 0 aliphatic carbocycles. The summed E-state index contributed by atoms with van der Waals surface area (Å²) in [6, 6.07) is 0. The van der Waals surface area contributed by atoms with E-state index in [2.05, 4.69) is 39.1 Å². The van der Waals surface area contributed by atoms with Crippen LogP contribution in [0.15, 0.2) is 17.8 Å². The third-order valence-corrected chi connectivity index (χ3v) is 3.63. The van der Waals surface area contributed by atoms with Crippen molar-refractivity contribution in [2.75, 3.05) is 6.54 Å². The molecule has 2 aromatic heterocycles. The molecule has 0 bridgehead atoms. The SMILES string of the molecule is CCCc1nccn1Cc1csc(CNCC)n1. The van der Waals surface area contributed by atoms with Crippen molar-refractivity contribution < 1.29 is 0 Å². The molecular weight excluding hydrogens is 244 g/mol. The van der Waals surface area contributed by atoms with Crippen LogP contribution in [0.1, 0.15) is 36.8 Å². The van der Waals surface area contributed by atoms with Crippen molar-refractivity contribution >= 4 is 11.3 Å². The van der Waals surface area contributed by atoms with Crippen molar-refractivity contribution in [2.45, 2.75) is 39.8 Å². The molecule has 0 aliphatic rings. The summed E-state index contributed by atoms with van der Waals surface area (Å²) in [6.45, 7) is 6.97. The molecule has 0 saturated heterocycles. The quantitative estimate of drug-likeness (QED) is 0.835. The van der Waals surface area contributed by atoms with E-state index in [1.165, 1.54) is 0 Å². The molecule has 5 heteroatoms. The fourth-order valence-electron chi connectivity index (χ4n) is 1.84. The predicted octanol–water partition coefficient (Wildman–Crippen LogP) is 2.45. The fraction of sp³-hybridized carbons (Fsp3) is 0.538. The van der Waals surface area contributed by atoms with Gasteiger partial charge in [-0.3, -0.25) is 0 Å². The van der Waals surface area contributed by atoms with Gasteiger partial charge in [0.15, 0.2) is 0 Å². The summed E-state index contributed by atoms with van der Waals surface area (Å²) in [5.74, 6) is 1.15. The fourth-order valence-corrected chi connectivity index (χ4v) is 2.60. The van der Waals surface area contributed by atoms with Gasteiger partial charge in [-0.15, -0.1) is 11.3 Å². The molecule has 0 saturated carbocycles. The molecule has 0 radical (unpaired) electrons. The van der Waals surface area contributed by atoms with Gasteiger partial charge in [-0.2, -0.15) is 0 Å². The molecule has 0 spiro atoms.